The number of nitrogens with one attached hydrogen (secondary N) is 1. The fourth-order valence-corrected chi connectivity index (χ4v) is 3.78. The minimum atomic E-state index is -0.909. The van der Waals surface area contributed by atoms with Gasteiger partial charge in [-0.3, -0.25) is 9.69 Å². The van der Waals surface area contributed by atoms with Crippen molar-refractivity contribution in [2.45, 2.75) is 83.6 Å². The number of urea groups is 1. The lowest BCUT2D eigenvalue weighted by molar-refractivity contribution is -0.137. The molecule has 2 N–H and O–H groups in total. The number of carboxylic acid groups (broad SMARTS) is 1. The number of rotatable bonds is 17. The molecule has 0 spiro atoms. The normalized spacial score (nSPS) is 12.0. The van der Waals surface area contributed by atoms with Crippen LogP contribution in [-0.2, 0) is 4.79 Å². The average Bonchev–Trinajstić information content (AvgIpc) is 2.71. The van der Waals surface area contributed by atoms with E-state index < -0.39 is 12.0 Å². The number of carbonyl (C=O) groups excluding carboxylic acids is 1. The minimum absolute atomic E-state index is 0.0925. The standard InChI is InChI=1S/C25H43N3O3/c1-4-5-6-7-8-9-10-11-12-16-19-28(23-17-14-13-15-18-23)25(31)26-22(20-24(29)30)21-27(2)3/h13-15,17-18,22H,4-12,16,19-21H2,1-3H3,(H,26,31)(H,29,30). The molecule has 176 valence electrons. The lowest BCUT2D eigenvalue weighted by Crippen LogP contribution is -2.49. The molecule has 1 rings (SSSR count). The molecular formula is C25H43N3O3. The van der Waals surface area contributed by atoms with E-state index in [1.54, 1.807) is 4.90 Å². The number of anilines is 1. The van der Waals surface area contributed by atoms with Gasteiger partial charge in [0.2, 0.25) is 0 Å². The van der Waals surface area contributed by atoms with Crippen LogP contribution in [0.2, 0.25) is 0 Å². The molecule has 1 aromatic rings. The van der Waals surface area contributed by atoms with E-state index in [-0.39, 0.29) is 12.5 Å². The van der Waals surface area contributed by atoms with E-state index in [4.69, 9.17) is 0 Å². The molecule has 0 fully saturated rings. The summed E-state index contributed by atoms with van der Waals surface area (Å²) >= 11 is 0. The summed E-state index contributed by atoms with van der Waals surface area (Å²) in [6.07, 6.45) is 12.4. The summed E-state index contributed by atoms with van der Waals surface area (Å²) in [5.41, 5.74) is 0.842. The Morgan fingerprint density at radius 2 is 1.45 bits per heavy atom. The first kappa shape index (κ1) is 27.0. The Balaban J connectivity index is 2.52. The molecule has 1 aromatic carbocycles. The first-order valence-electron chi connectivity index (χ1n) is 11.9. The van der Waals surface area contributed by atoms with Gasteiger partial charge in [-0.15, -0.1) is 0 Å². The van der Waals surface area contributed by atoms with Gasteiger partial charge in [0.05, 0.1) is 12.5 Å². The number of hydrogen-bond donors (Lipinski definition) is 2. The zero-order valence-electron chi connectivity index (χ0n) is 19.8. The molecule has 0 saturated carbocycles. The van der Waals surface area contributed by atoms with E-state index >= 15 is 0 Å². The van der Waals surface area contributed by atoms with Gasteiger partial charge in [0.15, 0.2) is 0 Å². The zero-order valence-corrected chi connectivity index (χ0v) is 19.8. The molecule has 6 heteroatoms. The highest BCUT2D eigenvalue weighted by atomic mass is 16.4. The Kier molecular flexibility index (Phi) is 14.4. The second-order valence-electron chi connectivity index (χ2n) is 8.68. The number of benzene rings is 1. The van der Waals surface area contributed by atoms with E-state index in [9.17, 15) is 14.7 Å². The Morgan fingerprint density at radius 3 is 1.97 bits per heavy atom. The van der Waals surface area contributed by atoms with Gasteiger partial charge in [-0.1, -0.05) is 82.9 Å². The van der Waals surface area contributed by atoms with Gasteiger partial charge >= 0.3 is 12.0 Å². The van der Waals surface area contributed by atoms with E-state index in [0.29, 0.717) is 13.1 Å². The van der Waals surface area contributed by atoms with E-state index in [2.05, 4.69) is 12.2 Å². The van der Waals surface area contributed by atoms with Crippen molar-refractivity contribution in [3.05, 3.63) is 30.3 Å². The molecule has 0 aliphatic heterocycles. The maximum Gasteiger partial charge on any atom is 0.322 e. The van der Waals surface area contributed by atoms with Gasteiger partial charge in [0.25, 0.3) is 0 Å². The fraction of sp³-hybridized carbons (Fsp3) is 0.680. The summed E-state index contributed by atoms with van der Waals surface area (Å²) < 4.78 is 0. The number of amides is 2. The number of hydrogen-bond acceptors (Lipinski definition) is 3. The van der Waals surface area contributed by atoms with Gasteiger partial charge in [0.1, 0.15) is 0 Å². The Labute approximate surface area is 189 Å². The lowest BCUT2D eigenvalue weighted by Gasteiger charge is -2.27. The molecule has 6 nitrogen and oxygen atoms in total. The number of para-hydroxylation sites is 1. The lowest BCUT2D eigenvalue weighted by atomic mass is 10.1. The highest BCUT2D eigenvalue weighted by Crippen LogP contribution is 2.16. The Hall–Kier alpha value is -2.08. The van der Waals surface area contributed by atoms with Gasteiger partial charge in [-0.05, 0) is 32.6 Å². The highest BCUT2D eigenvalue weighted by Gasteiger charge is 2.21. The molecule has 0 radical (unpaired) electrons. The first-order chi connectivity index (χ1) is 14.9. The van der Waals surface area contributed by atoms with Crippen molar-refractivity contribution in [2.24, 2.45) is 0 Å². The van der Waals surface area contributed by atoms with Crippen molar-refractivity contribution in [3.63, 3.8) is 0 Å². The Bertz CT molecular complexity index is 607. The minimum Gasteiger partial charge on any atom is -0.481 e. The summed E-state index contributed by atoms with van der Waals surface area (Å²) in [5.74, 6) is -0.909. The molecule has 0 heterocycles. The van der Waals surface area contributed by atoms with Crippen LogP contribution in [-0.4, -0.2) is 55.2 Å². The molecule has 31 heavy (non-hydrogen) atoms. The SMILES string of the molecule is CCCCCCCCCCCCN(C(=O)NC(CC(=O)O)CN(C)C)c1ccccc1. The summed E-state index contributed by atoms with van der Waals surface area (Å²) in [6.45, 7) is 3.36. The van der Waals surface area contributed by atoms with E-state index in [1.807, 2.05) is 49.3 Å². The quantitative estimate of drug-likeness (QED) is 0.317. The molecule has 0 aliphatic rings. The van der Waals surface area contributed by atoms with E-state index in [1.165, 1.54) is 51.4 Å². The van der Waals surface area contributed by atoms with Crippen molar-refractivity contribution >= 4 is 17.7 Å². The molecule has 0 aliphatic carbocycles. The van der Waals surface area contributed by atoms with Crippen LogP contribution in [0.4, 0.5) is 10.5 Å². The summed E-state index contributed by atoms with van der Waals surface area (Å²) in [7, 11) is 3.75. The van der Waals surface area contributed by atoms with Gasteiger partial charge in [0, 0.05) is 18.8 Å². The van der Waals surface area contributed by atoms with Crippen LogP contribution >= 0.6 is 0 Å². The van der Waals surface area contributed by atoms with Gasteiger partial charge < -0.3 is 15.3 Å². The third-order valence-electron chi connectivity index (χ3n) is 5.38. The smallest absolute Gasteiger partial charge is 0.322 e. The predicted molar refractivity (Wildman–Crippen MR) is 129 cm³/mol. The second-order valence-corrected chi connectivity index (χ2v) is 8.68. The van der Waals surface area contributed by atoms with Crippen molar-refractivity contribution in [1.29, 1.82) is 0 Å². The number of carboxylic acids is 1. The monoisotopic (exact) mass is 433 g/mol. The van der Waals surface area contributed by atoms with Crippen LogP contribution in [0.25, 0.3) is 0 Å². The first-order valence-corrected chi connectivity index (χ1v) is 11.9. The molecule has 2 amide bonds. The maximum atomic E-state index is 13.0. The largest absolute Gasteiger partial charge is 0.481 e. The van der Waals surface area contributed by atoms with Crippen molar-refractivity contribution in [1.82, 2.24) is 10.2 Å². The molecule has 1 unspecified atom stereocenters. The van der Waals surface area contributed by atoms with Crippen LogP contribution in [0, 0.1) is 0 Å². The van der Waals surface area contributed by atoms with Gasteiger partial charge in [-0.25, -0.2) is 4.79 Å². The fourth-order valence-electron chi connectivity index (χ4n) is 3.78. The molecular weight excluding hydrogens is 390 g/mol. The number of likely N-dealkylation sites (N-methyl/N-ethyl adjacent to an activating group) is 1. The Morgan fingerprint density at radius 1 is 0.903 bits per heavy atom. The summed E-state index contributed by atoms with van der Waals surface area (Å²) in [5, 5.41) is 12.1. The van der Waals surface area contributed by atoms with Crippen molar-refractivity contribution < 1.29 is 14.7 Å². The number of unbranched alkanes of at least 4 members (excludes halogenated alkanes) is 9. The van der Waals surface area contributed by atoms with Crippen LogP contribution in [0.5, 0.6) is 0 Å². The van der Waals surface area contributed by atoms with E-state index in [0.717, 1.165) is 18.5 Å². The number of nitrogens with zero attached hydrogens (tertiary/aromatic N) is 2. The third-order valence-corrected chi connectivity index (χ3v) is 5.38. The summed E-state index contributed by atoms with van der Waals surface area (Å²) in [6, 6.07) is 8.96. The average molecular weight is 434 g/mol. The van der Waals surface area contributed by atoms with Crippen molar-refractivity contribution in [3.8, 4) is 0 Å². The number of carbonyl (C=O) groups is 2. The molecule has 0 bridgehead atoms. The third kappa shape index (κ3) is 13.0. The summed E-state index contributed by atoms with van der Waals surface area (Å²) in [4.78, 5) is 27.8. The zero-order chi connectivity index (χ0) is 22.9. The molecule has 0 aromatic heterocycles. The van der Waals surface area contributed by atoms with Crippen LogP contribution in [0.1, 0.15) is 77.6 Å². The topological polar surface area (TPSA) is 72.9 Å². The predicted octanol–water partition coefficient (Wildman–Crippen LogP) is 5.53. The second kappa shape index (κ2) is 16.6. The van der Waals surface area contributed by atoms with Crippen molar-refractivity contribution in [2.75, 3.05) is 32.1 Å². The van der Waals surface area contributed by atoms with Gasteiger partial charge in [-0.2, -0.15) is 0 Å². The molecule has 0 saturated heterocycles. The van der Waals surface area contributed by atoms with Crippen LogP contribution in [0.3, 0.4) is 0 Å². The van der Waals surface area contributed by atoms with Crippen LogP contribution < -0.4 is 10.2 Å². The highest BCUT2D eigenvalue weighted by molar-refractivity contribution is 5.92. The maximum absolute atomic E-state index is 13.0. The van der Waals surface area contributed by atoms with Crippen LogP contribution in [0.15, 0.2) is 30.3 Å². The molecule has 1 atom stereocenters. The number of aliphatic carboxylic acids is 1.